The molecule has 2 N–H and O–H groups in total. The molecule has 1 aromatic carbocycles. The zero-order chi connectivity index (χ0) is 11.8. The summed E-state index contributed by atoms with van der Waals surface area (Å²) in [5.41, 5.74) is 7.74. The molecule has 0 amide bonds. The fourth-order valence-corrected chi connectivity index (χ4v) is 1.81. The van der Waals surface area contributed by atoms with Gasteiger partial charge in [0.1, 0.15) is 5.02 Å². The molecule has 6 heteroatoms. The van der Waals surface area contributed by atoms with Crippen molar-refractivity contribution in [2.75, 3.05) is 5.73 Å². The van der Waals surface area contributed by atoms with Crippen molar-refractivity contribution in [3.05, 3.63) is 35.6 Å². The van der Waals surface area contributed by atoms with Crippen molar-refractivity contribution in [2.24, 2.45) is 0 Å². The molecule has 3 rings (SSSR count). The van der Waals surface area contributed by atoms with Crippen LogP contribution in [0.25, 0.3) is 22.4 Å². The Morgan fingerprint density at radius 3 is 2.76 bits per heavy atom. The average Bonchev–Trinajstić information content (AvgIpc) is 2.69. The highest BCUT2D eigenvalue weighted by molar-refractivity contribution is 6.35. The number of para-hydroxylation sites is 1. The molecular formula is C11H7ClN4O. The standard InChI is InChI=1S/C11H7ClN4O/c12-8-10(17-16-11(8)13)6-2-1-3-7-9(6)15-5-4-14-7/h1-5H,(H2,13,16). The van der Waals surface area contributed by atoms with E-state index in [4.69, 9.17) is 21.9 Å². The number of hydrogen-bond acceptors (Lipinski definition) is 5. The third kappa shape index (κ3) is 1.52. The van der Waals surface area contributed by atoms with Crippen LogP contribution in [-0.4, -0.2) is 15.1 Å². The topological polar surface area (TPSA) is 77.8 Å². The van der Waals surface area contributed by atoms with Crippen LogP contribution >= 0.6 is 11.6 Å². The molecule has 0 aliphatic carbocycles. The fourth-order valence-electron chi connectivity index (χ4n) is 1.63. The first-order valence-corrected chi connectivity index (χ1v) is 5.26. The minimum atomic E-state index is 0.169. The second kappa shape index (κ2) is 3.71. The fraction of sp³-hybridized carbons (Fsp3) is 0. The number of fused-ring (bicyclic) bond motifs is 1. The summed E-state index contributed by atoms with van der Waals surface area (Å²) in [5, 5.41) is 3.92. The second-order valence-electron chi connectivity index (χ2n) is 3.44. The number of benzene rings is 1. The van der Waals surface area contributed by atoms with E-state index in [1.807, 2.05) is 18.2 Å². The van der Waals surface area contributed by atoms with E-state index in [1.54, 1.807) is 12.4 Å². The number of halogens is 1. The molecule has 0 saturated carbocycles. The van der Waals surface area contributed by atoms with Gasteiger partial charge in [0, 0.05) is 18.0 Å². The number of nitrogens with two attached hydrogens (primary N) is 1. The van der Waals surface area contributed by atoms with E-state index in [0.29, 0.717) is 16.3 Å². The number of aromatic nitrogens is 3. The lowest BCUT2D eigenvalue weighted by Gasteiger charge is -2.01. The predicted molar refractivity (Wildman–Crippen MR) is 64.5 cm³/mol. The van der Waals surface area contributed by atoms with Crippen LogP contribution in [-0.2, 0) is 0 Å². The van der Waals surface area contributed by atoms with Gasteiger partial charge >= 0.3 is 0 Å². The molecule has 0 saturated heterocycles. The summed E-state index contributed by atoms with van der Waals surface area (Å²) in [5.74, 6) is 0.581. The van der Waals surface area contributed by atoms with Gasteiger partial charge in [0.05, 0.1) is 11.0 Å². The number of nitrogens with zero attached hydrogens (tertiary/aromatic N) is 3. The Morgan fingerprint density at radius 1 is 1.18 bits per heavy atom. The molecule has 2 aromatic heterocycles. The number of anilines is 1. The van der Waals surface area contributed by atoms with Crippen molar-refractivity contribution in [3.63, 3.8) is 0 Å². The van der Waals surface area contributed by atoms with Gasteiger partial charge in [-0.1, -0.05) is 22.8 Å². The lowest BCUT2D eigenvalue weighted by molar-refractivity contribution is 0.436. The summed E-state index contributed by atoms with van der Waals surface area (Å²) in [6.45, 7) is 0. The van der Waals surface area contributed by atoms with E-state index in [2.05, 4.69) is 15.1 Å². The molecule has 0 atom stereocenters. The highest BCUT2D eigenvalue weighted by Gasteiger charge is 2.16. The van der Waals surface area contributed by atoms with Gasteiger partial charge in [0.15, 0.2) is 11.6 Å². The molecule has 5 nitrogen and oxygen atoms in total. The molecule has 3 aromatic rings. The van der Waals surface area contributed by atoms with Gasteiger partial charge in [-0.05, 0) is 12.1 Å². The zero-order valence-electron chi connectivity index (χ0n) is 8.59. The van der Waals surface area contributed by atoms with Gasteiger partial charge < -0.3 is 10.3 Å². The van der Waals surface area contributed by atoms with Crippen molar-refractivity contribution in [3.8, 4) is 11.3 Å². The van der Waals surface area contributed by atoms with Crippen molar-refractivity contribution >= 4 is 28.5 Å². The number of hydrogen-bond donors (Lipinski definition) is 1. The molecule has 0 bridgehead atoms. The molecule has 0 aliphatic heterocycles. The lowest BCUT2D eigenvalue weighted by atomic mass is 10.1. The summed E-state index contributed by atoms with van der Waals surface area (Å²) in [6.07, 6.45) is 3.24. The molecule has 0 spiro atoms. The van der Waals surface area contributed by atoms with Gasteiger partial charge in [-0.3, -0.25) is 9.97 Å². The van der Waals surface area contributed by atoms with Gasteiger partial charge in [-0.25, -0.2) is 0 Å². The first-order chi connectivity index (χ1) is 8.27. The lowest BCUT2D eigenvalue weighted by Crippen LogP contribution is -1.86. The molecule has 0 fully saturated rings. The normalized spacial score (nSPS) is 10.9. The summed E-state index contributed by atoms with van der Waals surface area (Å²) in [6, 6.07) is 5.55. The van der Waals surface area contributed by atoms with E-state index in [0.717, 1.165) is 11.1 Å². The van der Waals surface area contributed by atoms with E-state index in [1.165, 1.54) is 0 Å². The van der Waals surface area contributed by atoms with Crippen molar-refractivity contribution in [1.29, 1.82) is 0 Å². The molecule has 17 heavy (non-hydrogen) atoms. The monoisotopic (exact) mass is 246 g/mol. The summed E-state index contributed by atoms with van der Waals surface area (Å²) >= 11 is 6.01. The molecular weight excluding hydrogens is 240 g/mol. The smallest absolute Gasteiger partial charge is 0.189 e. The first-order valence-electron chi connectivity index (χ1n) is 4.88. The molecule has 0 aliphatic rings. The van der Waals surface area contributed by atoms with Gasteiger partial charge in [-0.15, -0.1) is 0 Å². The largest absolute Gasteiger partial charge is 0.380 e. The highest BCUT2D eigenvalue weighted by atomic mass is 35.5. The SMILES string of the molecule is Nc1noc(-c2cccc3nccnc23)c1Cl. The summed E-state index contributed by atoms with van der Waals surface area (Å²) < 4.78 is 5.11. The Balaban J connectivity index is 2.34. The molecule has 0 unspecified atom stereocenters. The first kappa shape index (κ1) is 10.0. The molecule has 2 heterocycles. The van der Waals surface area contributed by atoms with Crippen LogP contribution in [0, 0.1) is 0 Å². The minimum absolute atomic E-state index is 0.169. The van der Waals surface area contributed by atoms with Crippen molar-refractivity contribution in [2.45, 2.75) is 0 Å². The van der Waals surface area contributed by atoms with E-state index >= 15 is 0 Å². The molecule has 84 valence electrons. The van der Waals surface area contributed by atoms with E-state index in [9.17, 15) is 0 Å². The average molecular weight is 247 g/mol. The Morgan fingerprint density at radius 2 is 2.00 bits per heavy atom. The Labute approximate surface area is 101 Å². The van der Waals surface area contributed by atoms with Crippen molar-refractivity contribution in [1.82, 2.24) is 15.1 Å². The third-order valence-corrected chi connectivity index (χ3v) is 2.77. The third-order valence-electron chi connectivity index (χ3n) is 2.40. The second-order valence-corrected chi connectivity index (χ2v) is 3.82. The highest BCUT2D eigenvalue weighted by Crippen LogP contribution is 2.34. The maximum absolute atomic E-state index is 6.01. The van der Waals surface area contributed by atoms with Gasteiger partial charge in [0.25, 0.3) is 0 Å². The predicted octanol–water partition coefficient (Wildman–Crippen LogP) is 2.52. The summed E-state index contributed by atoms with van der Waals surface area (Å²) in [7, 11) is 0. The van der Waals surface area contributed by atoms with E-state index in [-0.39, 0.29) is 5.82 Å². The van der Waals surface area contributed by atoms with Crippen LogP contribution < -0.4 is 5.73 Å². The maximum Gasteiger partial charge on any atom is 0.189 e. The van der Waals surface area contributed by atoms with E-state index < -0.39 is 0 Å². The molecule has 0 radical (unpaired) electrons. The summed E-state index contributed by atoms with van der Waals surface area (Å²) in [4.78, 5) is 8.46. The number of nitrogen functional groups attached to an aromatic ring is 1. The minimum Gasteiger partial charge on any atom is -0.380 e. The zero-order valence-corrected chi connectivity index (χ0v) is 9.35. The Hall–Kier alpha value is -2.14. The van der Waals surface area contributed by atoms with Crippen LogP contribution in [0.15, 0.2) is 35.1 Å². The maximum atomic E-state index is 6.01. The van der Waals surface area contributed by atoms with Crippen LogP contribution in [0.4, 0.5) is 5.82 Å². The van der Waals surface area contributed by atoms with Gasteiger partial charge in [0.2, 0.25) is 0 Å². The van der Waals surface area contributed by atoms with Gasteiger partial charge in [-0.2, -0.15) is 0 Å². The van der Waals surface area contributed by atoms with Crippen LogP contribution in [0.2, 0.25) is 5.02 Å². The quantitative estimate of drug-likeness (QED) is 0.714. The van der Waals surface area contributed by atoms with Crippen LogP contribution in [0.1, 0.15) is 0 Å². The number of rotatable bonds is 1. The van der Waals surface area contributed by atoms with Crippen LogP contribution in [0.5, 0.6) is 0 Å². The Bertz CT molecular complexity index is 690. The van der Waals surface area contributed by atoms with Crippen LogP contribution in [0.3, 0.4) is 0 Å². The van der Waals surface area contributed by atoms with Crippen molar-refractivity contribution < 1.29 is 4.52 Å². The Kier molecular flexibility index (Phi) is 2.19.